The smallest absolute Gasteiger partial charge is 0 e. The summed E-state index contributed by atoms with van der Waals surface area (Å²) in [6.07, 6.45) is 0. The number of hydrogen-bond donors (Lipinski definition) is 0. The molecule has 0 atom stereocenters. The first-order valence-electron chi connectivity index (χ1n) is 0. The zero-order valence-electron chi connectivity index (χ0n) is 2.12. The fourth-order valence-electron chi connectivity index (χ4n) is 0. The molecule has 0 aliphatic rings. The van der Waals surface area contributed by atoms with Gasteiger partial charge in [0.2, 0.25) is 0 Å². The van der Waals surface area contributed by atoms with E-state index in [1.807, 2.05) is 0 Å². The molecule has 0 N–H and O–H groups in total. The Hall–Kier alpha value is 7.95. The third kappa shape index (κ3) is 22.7. The normalized spacial score (nSPS) is 0. The minimum atomic E-state index is 0. The van der Waals surface area contributed by atoms with Crippen molar-refractivity contribution < 1.29 is 240 Å². The predicted molar refractivity (Wildman–Crippen MR) is 0 cm³/mol. The molecule has 0 unspecified atom stereocenters. The average molecular weight is 944 g/mol. The van der Waals surface area contributed by atoms with E-state index in [4.69, 9.17) is 0 Å². The maximum absolute atomic E-state index is 0. The van der Waals surface area contributed by atoms with Crippen LogP contribution >= 0.6 is 0 Å². The molecule has 6 heteroatoms. The molecule has 0 nitrogen and oxygen atoms in total. The van der Waals surface area contributed by atoms with Crippen molar-refractivity contribution >= 4 is 0 Å². The molecular weight excluding hydrogens is 944 g/mol. The fraction of sp³-hybridized carbons (Fsp3) is 0. The third-order valence-corrected chi connectivity index (χ3v) is 0. The Morgan fingerprint density at radius 3 is 0.167 bits per heavy atom. The van der Waals surface area contributed by atoms with Crippen molar-refractivity contribution in [3.05, 3.63) is 0 Å². The largest absolute Gasteiger partial charge is 0 e. The van der Waals surface area contributed by atoms with Gasteiger partial charge in [-0.15, -0.1) is 0 Å². The zero-order chi connectivity index (χ0) is 0. The molecule has 0 aliphatic heterocycles. The van der Waals surface area contributed by atoms with Crippen LogP contribution in [0.1, 0.15) is 0 Å². The van der Waals surface area contributed by atoms with Crippen LogP contribution in [0, 0.1) is 240 Å². The van der Waals surface area contributed by atoms with Gasteiger partial charge in [-0.05, 0) is 0 Å². The molecule has 0 spiro atoms. The summed E-state index contributed by atoms with van der Waals surface area (Å²) >= 11 is 0. The van der Waals surface area contributed by atoms with E-state index in [0.29, 0.717) is 0 Å². The summed E-state index contributed by atoms with van der Waals surface area (Å²) < 4.78 is 0. The minimum Gasteiger partial charge on any atom is 0 e. The van der Waals surface area contributed by atoms with Crippen molar-refractivity contribution in [1.82, 2.24) is 0 Å². The van der Waals surface area contributed by atoms with E-state index in [9.17, 15) is 0 Å². The van der Waals surface area contributed by atoms with Gasteiger partial charge in [0.15, 0.2) is 0 Å². The van der Waals surface area contributed by atoms with Crippen LogP contribution in [0.5, 0.6) is 0 Å². The zero-order valence-corrected chi connectivity index (χ0v) is 15.7. The molecule has 0 amide bonds. The quantitative estimate of drug-likeness (QED) is 0.322. The number of hydrogen-bond acceptors (Lipinski definition) is 0. The maximum atomic E-state index is 0. The molecule has 0 radical (unpaired) electrons. The van der Waals surface area contributed by atoms with Gasteiger partial charge in [-0.25, -0.2) is 0 Å². The first-order chi connectivity index (χ1) is 0. The molecule has 0 saturated carbocycles. The molecule has 0 aliphatic carbocycles. The van der Waals surface area contributed by atoms with Crippen molar-refractivity contribution in [2.24, 2.45) is 0 Å². The van der Waals surface area contributed by atoms with Crippen LogP contribution in [0.4, 0.5) is 0 Å². The molecular formula is Gd6. The van der Waals surface area contributed by atoms with Crippen LogP contribution < -0.4 is 0 Å². The van der Waals surface area contributed by atoms with Crippen LogP contribution in [0.15, 0.2) is 0 Å². The maximum Gasteiger partial charge on any atom is 0 e. The number of rotatable bonds is 0. The first kappa shape index (κ1) is 37.0. The third-order valence-electron chi connectivity index (χ3n) is 0. The Bertz CT molecular complexity index is 0. The topological polar surface area (TPSA) is 0 Å². The fourth-order valence-corrected chi connectivity index (χ4v) is 0. The van der Waals surface area contributed by atoms with Gasteiger partial charge in [-0.3, -0.25) is 0 Å². The molecule has 0 fully saturated rings. The monoisotopic (exact) mass is 948 g/mol. The molecule has 0 aromatic carbocycles. The predicted octanol–water partition coefficient (Wildman–Crippen LogP) is 0. The van der Waals surface area contributed by atoms with E-state index < -0.39 is 0 Å². The molecule has 0 heterocycles. The van der Waals surface area contributed by atoms with Gasteiger partial charge in [0.1, 0.15) is 0 Å². The van der Waals surface area contributed by atoms with Crippen LogP contribution in [-0.2, 0) is 0 Å². The Kier molecular flexibility index (Phi) is 181. The van der Waals surface area contributed by atoms with Crippen LogP contribution in [-0.4, -0.2) is 0 Å². The molecule has 0 rings (SSSR count). The Labute approximate surface area is 230 Å². The van der Waals surface area contributed by atoms with Gasteiger partial charge in [-0.2, -0.15) is 0 Å². The standard InChI is InChI=1S/6Gd. The van der Waals surface area contributed by atoms with E-state index in [1.165, 1.54) is 0 Å². The van der Waals surface area contributed by atoms with Crippen LogP contribution in [0.2, 0.25) is 0 Å². The Morgan fingerprint density at radius 1 is 0.167 bits per heavy atom. The van der Waals surface area contributed by atoms with E-state index in [-0.39, 0.29) is 240 Å². The molecule has 0 bridgehead atoms. The van der Waals surface area contributed by atoms with Crippen molar-refractivity contribution in [2.75, 3.05) is 0 Å². The molecule has 0 saturated heterocycles. The van der Waals surface area contributed by atoms with Gasteiger partial charge in [0.05, 0.1) is 0 Å². The van der Waals surface area contributed by atoms with Gasteiger partial charge < -0.3 is 0 Å². The summed E-state index contributed by atoms with van der Waals surface area (Å²) in [6.45, 7) is 0. The van der Waals surface area contributed by atoms with Crippen molar-refractivity contribution in [3.63, 3.8) is 0 Å². The van der Waals surface area contributed by atoms with E-state index in [1.54, 1.807) is 0 Å². The summed E-state index contributed by atoms with van der Waals surface area (Å²) in [6, 6.07) is 0. The summed E-state index contributed by atoms with van der Waals surface area (Å²) in [4.78, 5) is 0. The molecule has 0 aromatic heterocycles. The minimum absolute atomic E-state index is 0. The SMILES string of the molecule is [Gd].[Gd].[Gd].[Gd].[Gd].[Gd]. The summed E-state index contributed by atoms with van der Waals surface area (Å²) in [5.41, 5.74) is 0. The second-order valence-electron chi connectivity index (χ2n) is 0. The van der Waals surface area contributed by atoms with E-state index in [2.05, 4.69) is 0 Å². The van der Waals surface area contributed by atoms with Gasteiger partial charge >= 0.3 is 0 Å². The van der Waals surface area contributed by atoms with Crippen molar-refractivity contribution in [2.45, 2.75) is 0 Å². The molecule has 48 valence electrons. The molecule has 6 heavy (non-hydrogen) atoms. The van der Waals surface area contributed by atoms with Crippen molar-refractivity contribution in [3.8, 4) is 0 Å². The van der Waals surface area contributed by atoms with Crippen LogP contribution in [0.3, 0.4) is 0 Å². The van der Waals surface area contributed by atoms with E-state index >= 15 is 0 Å². The average Bonchev–Trinajstić information content (AvgIpc) is 0. The molecule has 0 aromatic rings. The van der Waals surface area contributed by atoms with E-state index in [0.717, 1.165) is 0 Å². The van der Waals surface area contributed by atoms with Gasteiger partial charge in [-0.1, -0.05) is 0 Å². The Balaban J connectivity index is 0. The summed E-state index contributed by atoms with van der Waals surface area (Å²) in [7, 11) is 0. The van der Waals surface area contributed by atoms with Crippen LogP contribution in [0.25, 0.3) is 0 Å². The second kappa shape index (κ2) is 29.3. The Morgan fingerprint density at radius 2 is 0.167 bits per heavy atom. The van der Waals surface area contributed by atoms with Crippen molar-refractivity contribution in [1.29, 1.82) is 0 Å². The second-order valence-corrected chi connectivity index (χ2v) is 0. The summed E-state index contributed by atoms with van der Waals surface area (Å²) in [5.74, 6) is 0. The van der Waals surface area contributed by atoms with Gasteiger partial charge in [0, 0.05) is 240 Å². The van der Waals surface area contributed by atoms with Gasteiger partial charge in [0.25, 0.3) is 0 Å². The first-order valence-corrected chi connectivity index (χ1v) is 0. The summed E-state index contributed by atoms with van der Waals surface area (Å²) in [5, 5.41) is 0.